The van der Waals surface area contributed by atoms with Crippen molar-refractivity contribution in [1.29, 1.82) is 0 Å². The van der Waals surface area contributed by atoms with E-state index in [9.17, 15) is 18.0 Å². The lowest BCUT2D eigenvalue weighted by Crippen LogP contribution is -2.42. The highest BCUT2D eigenvalue weighted by Crippen LogP contribution is 2.39. The van der Waals surface area contributed by atoms with Crippen molar-refractivity contribution in [2.24, 2.45) is 0 Å². The summed E-state index contributed by atoms with van der Waals surface area (Å²) in [5.74, 6) is -0.821. The highest BCUT2D eigenvalue weighted by Gasteiger charge is 2.40. The number of aryl methyl sites for hydroxylation is 1. The maximum absolute atomic E-state index is 13.1. The summed E-state index contributed by atoms with van der Waals surface area (Å²) in [6.45, 7) is 2.32. The lowest BCUT2D eigenvalue weighted by molar-refractivity contribution is -0.119. The minimum atomic E-state index is -3.72. The SMILES string of the molecule is CCOC(=O)c1c(NC(=O)C2CCCN2S(=O)(=O)c2cccs2)sc2c1CCCC2. The molecule has 162 valence electrons. The summed E-state index contributed by atoms with van der Waals surface area (Å²) in [7, 11) is -3.72. The molecule has 1 amide bonds. The zero-order valence-electron chi connectivity index (χ0n) is 16.7. The van der Waals surface area contributed by atoms with Crippen molar-refractivity contribution in [2.45, 2.75) is 55.7 Å². The number of fused-ring (bicyclic) bond motifs is 1. The first-order valence-corrected chi connectivity index (χ1v) is 13.2. The lowest BCUT2D eigenvalue weighted by atomic mass is 9.95. The van der Waals surface area contributed by atoms with Crippen LogP contribution in [0.1, 0.15) is 53.4 Å². The lowest BCUT2D eigenvalue weighted by Gasteiger charge is -2.22. The zero-order valence-corrected chi connectivity index (χ0v) is 19.1. The average Bonchev–Trinajstić information content (AvgIpc) is 3.46. The van der Waals surface area contributed by atoms with Crippen LogP contribution in [0.4, 0.5) is 5.00 Å². The summed E-state index contributed by atoms with van der Waals surface area (Å²) in [5, 5.41) is 5.06. The Kier molecular flexibility index (Phi) is 6.29. The third-order valence-corrected chi connectivity index (χ3v) is 9.94. The summed E-state index contributed by atoms with van der Waals surface area (Å²) in [4.78, 5) is 26.8. The van der Waals surface area contributed by atoms with Gasteiger partial charge in [0.15, 0.2) is 0 Å². The molecule has 1 atom stereocenters. The average molecular weight is 469 g/mol. The molecule has 0 radical (unpaired) electrons. The minimum absolute atomic E-state index is 0.237. The molecule has 3 heterocycles. The van der Waals surface area contributed by atoms with E-state index in [-0.39, 0.29) is 10.8 Å². The van der Waals surface area contributed by atoms with E-state index in [0.717, 1.165) is 47.5 Å². The smallest absolute Gasteiger partial charge is 0.341 e. The van der Waals surface area contributed by atoms with Crippen LogP contribution in [0.3, 0.4) is 0 Å². The van der Waals surface area contributed by atoms with Gasteiger partial charge in [-0.05, 0) is 62.5 Å². The number of ether oxygens (including phenoxy) is 1. The Morgan fingerprint density at radius 2 is 2.07 bits per heavy atom. The number of carbonyl (C=O) groups is 2. The van der Waals surface area contributed by atoms with Gasteiger partial charge in [0.1, 0.15) is 15.3 Å². The summed E-state index contributed by atoms with van der Waals surface area (Å²) in [5.41, 5.74) is 1.41. The van der Waals surface area contributed by atoms with E-state index in [1.54, 1.807) is 24.4 Å². The Hall–Kier alpha value is -1.75. The number of rotatable bonds is 6. The fourth-order valence-electron chi connectivity index (χ4n) is 4.08. The van der Waals surface area contributed by atoms with Crippen molar-refractivity contribution < 1.29 is 22.7 Å². The number of hydrogen-bond donors (Lipinski definition) is 1. The van der Waals surface area contributed by atoms with Crippen molar-refractivity contribution in [3.63, 3.8) is 0 Å². The van der Waals surface area contributed by atoms with Crippen molar-refractivity contribution in [2.75, 3.05) is 18.5 Å². The van der Waals surface area contributed by atoms with Gasteiger partial charge in [-0.2, -0.15) is 4.31 Å². The van der Waals surface area contributed by atoms with Gasteiger partial charge in [-0.1, -0.05) is 6.07 Å². The number of amides is 1. The monoisotopic (exact) mass is 468 g/mol. The molecule has 0 spiro atoms. The van der Waals surface area contributed by atoms with Gasteiger partial charge in [0.25, 0.3) is 10.0 Å². The summed E-state index contributed by atoms with van der Waals surface area (Å²) >= 11 is 2.56. The molecule has 1 aliphatic heterocycles. The van der Waals surface area contributed by atoms with E-state index in [0.29, 0.717) is 30.0 Å². The van der Waals surface area contributed by atoms with Crippen LogP contribution in [0.2, 0.25) is 0 Å². The molecule has 4 rings (SSSR count). The Labute approximate surface area is 184 Å². The van der Waals surface area contributed by atoms with Crippen LogP contribution in [0.25, 0.3) is 0 Å². The van der Waals surface area contributed by atoms with E-state index in [1.807, 2.05) is 0 Å². The molecule has 1 aliphatic carbocycles. The number of hydrogen-bond acceptors (Lipinski definition) is 7. The molecule has 0 bridgehead atoms. The van der Waals surface area contributed by atoms with Gasteiger partial charge in [-0.15, -0.1) is 22.7 Å². The number of nitrogens with zero attached hydrogens (tertiary/aromatic N) is 1. The molecule has 1 saturated heterocycles. The van der Waals surface area contributed by atoms with Gasteiger partial charge in [0.05, 0.1) is 12.2 Å². The molecule has 7 nitrogen and oxygen atoms in total. The first-order valence-electron chi connectivity index (χ1n) is 10.1. The van der Waals surface area contributed by atoms with Crippen molar-refractivity contribution in [3.05, 3.63) is 33.5 Å². The molecule has 1 fully saturated rings. The molecule has 0 saturated carbocycles. The van der Waals surface area contributed by atoms with Crippen LogP contribution in [0.5, 0.6) is 0 Å². The van der Waals surface area contributed by atoms with Crippen LogP contribution in [0, 0.1) is 0 Å². The highest BCUT2D eigenvalue weighted by molar-refractivity contribution is 7.91. The fourth-order valence-corrected chi connectivity index (χ4v) is 8.14. The number of thiophene rings is 2. The van der Waals surface area contributed by atoms with Crippen molar-refractivity contribution in [1.82, 2.24) is 4.31 Å². The maximum Gasteiger partial charge on any atom is 0.341 e. The molecular weight excluding hydrogens is 444 g/mol. The molecule has 0 aromatic carbocycles. The second kappa shape index (κ2) is 8.78. The third kappa shape index (κ3) is 3.93. The summed E-state index contributed by atoms with van der Waals surface area (Å²) < 4.78 is 32.7. The largest absolute Gasteiger partial charge is 0.462 e. The number of carbonyl (C=O) groups excluding carboxylic acids is 2. The second-order valence-corrected chi connectivity index (χ2v) is 11.5. The summed E-state index contributed by atoms with van der Waals surface area (Å²) in [6, 6.07) is 2.45. The van der Waals surface area contributed by atoms with Crippen molar-refractivity contribution >= 4 is 49.6 Å². The Balaban J connectivity index is 1.61. The first kappa shape index (κ1) is 21.5. The highest BCUT2D eigenvalue weighted by atomic mass is 32.2. The Bertz CT molecular complexity index is 1040. The molecule has 2 aromatic heterocycles. The number of esters is 1. The summed E-state index contributed by atoms with van der Waals surface area (Å²) in [6.07, 6.45) is 4.80. The molecule has 2 aromatic rings. The van der Waals surface area contributed by atoms with E-state index in [1.165, 1.54) is 15.6 Å². The van der Waals surface area contributed by atoms with Crippen LogP contribution in [0.15, 0.2) is 21.7 Å². The van der Waals surface area contributed by atoms with Gasteiger partial charge in [0, 0.05) is 11.4 Å². The predicted molar refractivity (Wildman–Crippen MR) is 117 cm³/mol. The predicted octanol–water partition coefficient (Wildman–Crippen LogP) is 3.66. The number of anilines is 1. The molecule has 1 unspecified atom stereocenters. The van der Waals surface area contributed by atoms with Gasteiger partial charge in [0.2, 0.25) is 5.91 Å². The Morgan fingerprint density at radius 3 is 2.80 bits per heavy atom. The maximum atomic E-state index is 13.1. The number of nitrogens with one attached hydrogen (secondary N) is 1. The quantitative estimate of drug-likeness (QED) is 0.653. The normalized spacial score (nSPS) is 19.4. The van der Waals surface area contributed by atoms with Gasteiger partial charge >= 0.3 is 5.97 Å². The fraction of sp³-hybridized carbons (Fsp3) is 0.500. The molecular formula is C20H24N2O5S3. The van der Waals surface area contributed by atoms with Crippen LogP contribution in [-0.2, 0) is 32.4 Å². The molecule has 2 aliphatic rings. The second-order valence-electron chi connectivity index (χ2n) is 7.33. The van der Waals surface area contributed by atoms with E-state index < -0.39 is 27.9 Å². The standard InChI is InChI=1S/C20H24N2O5S3/c1-2-27-20(24)17-13-7-3-4-9-15(13)29-19(17)21-18(23)14-8-5-11-22(14)30(25,26)16-10-6-12-28-16/h6,10,12,14H,2-5,7-9,11H2,1H3,(H,21,23). The van der Waals surface area contributed by atoms with Crippen molar-refractivity contribution in [3.8, 4) is 0 Å². The molecule has 10 heteroatoms. The topological polar surface area (TPSA) is 92.8 Å². The first-order chi connectivity index (χ1) is 14.4. The van der Waals surface area contributed by atoms with E-state index in [4.69, 9.17) is 4.74 Å². The van der Waals surface area contributed by atoms with Gasteiger partial charge in [-0.25, -0.2) is 13.2 Å². The number of sulfonamides is 1. The van der Waals surface area contributed by atoms with E-state index in [2.05, 4.69) is 5.32 Å². The molecule has 30 heavy (non-hydrogen) atoms. The van der Waals surface area contributed by atoms with Gasteiger partial charge in [-0.3, -0.25) is 4.79 Å². The zero-order chi connectivity index (χ0) is 21.3. The van der Waals surface area contributed by atoms with Crippen LogP contribution < -0.4 is 5.32 Å². The minimum Gasteiger partial charge on any atom is -0.462 e. The van der Waals surface area contributed by atoms with Crippen LogP contribution >= 0.6 is 22.7 Å². The van der Waals surface area contributed by atoms with E-state index >= 15 is 0 Å². The molecule has 1 N–H and O–H groups in total. The van der Waals surface area contributed by atoms with Gasteiger partial charge < -0.3 is 10.1 Å². The third-order valence-electron chi connectivity index (χ3n) is 5.45. The Morgan fingerprint density at radius 1 is 1.27 bits per heavy atom. The van der Waals surface area contributed by atoms with Crippen LogP contribution in [-0.4, -0.2) is 43.8 Å².